The van der Waals surface area contributed by atoms with Crippen LogP contribution in [0.2, 0.25) is 0 Å². The molecule has 0 spiro atoms. The third-order valence-electron chi connectivity index (χ3n) is 3.80. The smallest absolute Gasteiger partial charge is 0.250 e. The van der Waals surface area contributed by atoms with Crippen LogP contribution in [0.4, 0.5) is 0 Å². The van der Waals surface area contributed by atoms with Crippen LogP contribution in [-0.2, 0) is 16.6 Å². The van der Waals surface area contributed by atoms with Gasteiger partial charge in [0, 0.05) is 18.0 Å². The highest BCUT2D eigenvalue weighted by Gasteiger charge is 2.22. The zero-order valence-corrected chi connectivity index (χ0v) is 12.9. The van der Waals surface area contributed by atoms with E-state index in [4.69, 9.17) is 5.73 Å². The second kappa shape index (κ2) is 6.35. The van der Waals surface area contributed by atoms with E-state index in [9.17, 15) is 8.42 Å². The summed E-state index contributed by atoms with van der Waals surface area (Å²) in [5, 5.41) is 0. The van der Waals surface area contributed by atoms with Gasteiger partial charge >= 0.3 is 0 Å². The van der Waals surface area contributed by atoms with Crippen LogP contribution in [-0.4, -0.2) is 15.0 Å². The molecule has 19 heavy (non-hydrogen) atoms. The van der Waals surface area contributed by atoms with Crippen molar-refractivity contribution in [3.8, 4) is 0 Å². The Hall–Kier alpha value is -0.430. The summed E-state index contributed by atoms with van der Waals surface area (Å²) in [5.41, 5.74) is 5.51. The van der Waals surface area contributed by atoms with Gasteiger partial charge in [-0.05, 0) is 36.8 Å². The molecule has 1 heterocycles. The quantitative estimate of drug-likeness (QED) is 0.876. The first-order chi connectivity index (χ1) is 9.01. The summed E-state index contributed by atoms with van der Waals surface area (Å²) in [4.78, 5) is 0.895. The Morgan fingerprint density at radius 1 is 1.32 bits per heavy atom. The van der Waals surface area contributed by atoms with Gasteiger partial charge in [-0.2, -0.15) is 0 Å². The molecule has 1 aromatic heterocycles. The Labute approximate surface area is 119 Å². The van der Waals surface area contributed by atoms with Crippen molar-refractivity contribution in [3.63, 3.8) is 0 Å². The van der Waals surface area contributed by atoms with Gasteiger partial charge in [0.2, 0.25) is 10.0 Å². The van der Waals surface area contributed by atoms with Crippen LogP contribution in [0.25, 0.3) is 0 Å². The van der Waals surface area contributed by atoms with E-state index in [0.717, 1.165) is 23.6 Å². The Bertz CT molecular complexity index is 502. The molecule has 0 unspecified atom stereocenters. The number of rotatable bonds is 5. The molecule has 0 amide bonds. The molecule has 2 rings (SSSR count). The van der Waals surface area contributed by atoms with Gasteiger partial charge in [-0.1, -0.05) is 19.8 Å². The second-order valence-corrected chi connectivity index (χ2v) is 8.56. The van der Waals surface area contributed by atoms with Crippen molar-refractivity contribution in [2.24, 2.45) is 17.6 Å². The molecule has 0 atom stereocenters. The highest BCUT2D eigenvalue weighted by molar-refractivity contribution is 7.91. The van der Waals surface area contributed by atoms with Gasteiger partial charge in [0.1, 0.15) is 4.21 Å². The predicted molar refractivity (Wildman–Crippen MR) is 78.5 cm³/mol. The van der Waals surface area contributed by atoms with E-state index in [-0.39, 0.29) is 0 Å². The molecule has 1 saturated carbocycles. The maximum Gasteiger partial charge on any atom is 0.250 e. The highest BCUT2D eigenvalue weighted by atomic mass is 32.2. The predicted octanol–water partition coefficient (Wildman–Crippen LogP) is 2.31. The van der Waals surface area contributed by atoms with Gasteiger partial charge in [0.05, 0.1) is 0 Å². The van der Waals surface area contributed by atoms with Gasteiger partial charge in [-0.25, -0.2) is 13.1 Å². The van der Waals surface area contributed by atoms with Crippen LogP contribution in [0.3, 0.4) is 0 Å². The molecule has 0 aromatic carbocycles. The first kappa shape index (κ1) is 15.0. The largest absolute Gasteiger partial charge is 0.326 e. The average molecular weight is 302 g/mol. The number of sulfonamides is 1. The van der Waals surface area contributed by atoms with E-state index in [2.05, 4.69) is 11.6 Å². The van der Waals surface area contributed by atoms with Crippen molar-refractivity contribution in [2.45, 2.75) is 43.4 Å². The minimum Gasteiger partial charge on any atom is -0.326 e. The topological polar surface area (TPSA) is 72.2 Å². The molecule has 1 fully saturated rings. The molecule has 6 heteroatoms. The molecular formula is C13H22N2O2S2. The summed E-state index contributed by atoms with van der Waals surface area (Å²) < 4.78 is 27.4. The minimum absolute atomic E-state index is 0.372. The molecule has 0 aliphatic heterocycles. The van der Waals surface area contributed by atoms with Gasteiger partial charge < -0.3 is 5.73 Å². The minimum atomic E-state index is -3.35. The van der Waals surface area contributed by atoms with E-state index in [1.54, 1.807) is 12.1 Å². The lowest BCUT2D eigenvalue weighted by molar-refractivity contribution is 0.290. The Balaban J connectivity index is 1.90. The zero-order valence-electron chi connectivity index (χ0n) is 11.3. The number of nitrogens with one attached hydrogen (secondary N) is 1. The number of hydrogen-bond donors (Lipinski definition) is 2. The maximum absolute atomic E-state index is 12.1. The zero-order chi connectivity index (χ0) is 13.9. The van der Waals surface area contributed by atoms with Gasteiger partial charge in [0.25, 0.3) is 0 Å². The molecule has 1 aromatic rings. The van der Waals surface area contributed by atoms with Crippen LogP contribution < -0.4 is 10.5 Å². The Morgan fingerprint density at radius 3 is 2.58 bits per heavy atom. The van der Waals surface area contributed by atoms with E-state index >= 15 is 0 Å². The third kappa shape index (κ3) is 4.02. The normalized spacial score (nSPS) is 24.5. The van der Waals surface area contributed by atoms with Crippen molar-refractivity contribution in [3.05, 3.63) is 17.0 Å². The van der Waals surface area contributed by atoms with Gasteiger partial charge in [0.15, 0.2) is 0 Å². The SMILES string of the molecule is CC1CCC(CNS(=O)(=O)c2ccc(CN)s2)CC1. The summed E-state index contributed by atoms with van der Waals surface area (Å²) in [6.07, 6.45) is 4.68. The highest BCUT2D eigenvalue weighted by Crippen LogP contribution is 2.28. The number of hydrogen-bond acceptors (Lipinski definition) is 4. The molecule has 4 nitrogen and oxygen atoms in total. The fourth-order valence-electron chi connectivity index (χ4n) is 2.44. The Morgan fingerprint density at radius 2 is 2.00 bits per heavy atom. The molecular weight excluding hydrogens is 280 g/mol. The van der Waals surface area contributed by atoms with E-state index in [1.165, 1.54) is 24.2 Å². The van der Waals surface area contributed by atoms with Crippen LogP contribution in [0, 0.1) is 11.8 Å². The molecule has 0 radical (unpaired) electrons. The van der Waals surface area contributed by atoms with Crippen molar-refractivity contribution >= 4 is 21.4 Å². The summed E-state index contributed by atoms with van der Waals surface area (Å²) in [5.74, 6) is 1.28. The van der Waals surface area contributed by atoms with Crippen molar-refractivity contribution < 1.29 is 8.42 Å². The van der Waals surface area contributed by atoms with Crippen molar-refractivity contribution in [1.29, 1.82) is 0 Å². The van der Waals surface area contributed by atoms with E-state index in [0.29, 0.717) is 23.2 Å². The lowest BCUT2D eigenvalue weighted by Gasteiger charge is -2.26. The van der Waals surface area contributed by atoms with Crippen LogP contribution >= 0.6 is 11.3 Å². The van der Waals surface area contributed by atoms with Gasteiger partial charge in [-0.3, -0.25) is 0 Å². The lowest BCUT2D eigenvalue weighted by Crippen LogP contribution is -2.30. The summed E-state index contributed by atoms with van der Waals surface area (Å²) in [6, 6.07) is 3.42. The summed E-state index contributed by atoms with van der Waals surface area (Å²) >= 11 is 1.25. The Kier molecular flexibility index (Phi) is 5.00. The monoisotopic (exact) mass is 302 g/mol. The lowest BCUT2D eigenvalue weighted by atomic mass is 9.83. The molecule has 0 bridgehead atoms. The third-order valence-corrected chi connectivity index (χ3v) is 6.82. The summed E-state index contributed by atoms with van der Waals surface area (Å²) in [7, 11) is -3.35. The fourth-order valence-corrected chi connectivity index (χ4v) is 4.84. The van der Waals surface area contributed by atoms with Crippen molar-refractivity contribution in [1.82, 2.24) is 4.72 Å². The molecule has 0 saturated heterocycles. The van der Waals surface area contributed by atoms with E-state index < -0.39 is 10.0 Å². The maximum atomic E-state index is 12.1. The molecule has 1 aliphatic carbocycles. The number of thiophene rings is 1. The fraction of sp³-hybridized carbons (Fsp3) is 0.692. The first-order valence-electron chi connectivity index (χ1n) is 6.79. The average Bonchev–Trinajstić information content (AvgIpc) is 2.88. The van der Waals surface area contributed by atoms with E-state index in [1.807, 2.05) is 0 Å². The van der Waals surface area contributed by atoms with Gasteiger partial charge in [-0.15, -0.1) is 11.3 Å². The first-order valence-corrected chi connectivity index (χ1v) is 9.09. The molecule has 3 N–H and O–H groups in total. The second-order valence-electron chi connectivity index (χ2n) is 5.40. The van der Waals surface area contributed by atoms with Crippen LogP contribution in [0.15, 0.2) is 16.3 Å². The van der Waals surface area contributed by atoms with Crippen molar-refractivity contribution in [2.75, 3.05) is 6.54 Å². The summed E-state index contributed by atoms with van der Waals surface area (Å²) in [6.45, 7) is 3.21. The molecule has 1 aliphatic rings. The molecule has 108 valence electrons. The van der Waals surface area contributed by atoms with Crippen LogP contribution in [0.1, 0.15) is 37.5 Å². The van der Waals surface area contributed by atoms with Crippen LogP contribution in [0.5, 0.6) is 0 Å². The standard InChI is InChI=1S/C13H22N2O2S2/c1-10-2-4-11(5-3-10)9-15-19(16,17)13-7-6-12(8-14)18-13/h6-7,10-11,15H,2-5,8-9,14H2,1H3. The number of nitrogens with two attached hydrogens (primary N) is 1.